The second-order valence-corrected chi connectivity index (χ2v) is 11.8. The van der Waals surface area contributed by atoms with Gasteiger partial charge in [0, 0.05) is 52.2 Å². The van der Waals surface area contributed by atoms with Crippen LogP contribution in [0, 0.1) is 0 Å². The Morgan fingerprint density at radius 2 is 1.66 bits per heavy atom. The van der Waals surface area contributed by atoms with Crippen LogP contribution in [-0.4, -0.2) is 74.2 Å². The monoisotopic (exact) mass is 487 g/mol. The molecule has 0 aromatic carbocycles. The lowest BCUT2D eigenvalue weighted by molar-refractivity contribution is -0.161. The van der Waals surface area contributed by atoms with Crippen LogP contribution in [0.1, 0.15) is 72.1 Å². The molecule has 188 valence electrons. The van der Waals surface area contributed by atoms with Crippen molar-refractivity contribution in [1.82, 2.24) is 4.31 Å². The molecule has 0 aromatic heterocycles. The average molecular weight is 488 g/mol. The largest absolute Gasteiger partial charge is 0.459 e. The summed E-state index contributed by atoms with van der Waals surface area (Å²) in [6.45, 7) is 6.27. The summed E-state index contributed by atoms with van der Waals surface area (Å²) in [5.74, 6) is -0.731. The van der Waals surface area contributed by atoms with E-state index < -0.39 is 38.9 Å². The fourth-order valence-corrected chi connectivity index (χ4v) is 6.10. The first-order valence-electron chi connectivity index (χ1n) is 11.3. The molecular weight excluding hydrogens is 451 g/mol. The number of hydrogen-bond acceptors (Lipinski definition) is 6. The van der Waals surface area contributed by atoms with Gasteiger partial charge in [-0.25, -0.2) is 12.7 Å². The van der Waals surface area contributed by atoms with E-state index in [2.05, 4.69) is 0 Å². The van der Waals surface area contributed by atoms with Crippen LogP contribution in [0.2, 0.25) is 0 Å². The number of esters is 1. The SMILES string of the molecule is CC(C)(C)OC(=O)C1(S(=O)(=O)N2CCC(OCCCCCC(F)(F)F)CC2)CCOCC1. The van der Waals surface area contributed by atoms with Gasteiger partial charge in [0.1, 0.15) is 5.60 Å². The van der Waals surface area contributed by atoms with Crippen molar-refractivity contribution >= 4 is 16.0 Å². The molecule has 0 spiro atoms. The summed E-state index contributed by atoms with van der Waals surface area (Å²) in [4.78, 5) is 13.0. The zero-order valence-electron chi connectivity index (χ0n) is 19.2. The smallest absolute Gasteiger partial charge is 0.389 e. The van der Waals surface area contributed by atoms with Crippen LogP contribution in [-0.2, 0) is 29.0 Å². The van der Waals surface area contributed by atoms with Crippen molar-refractivity contribution in [2.75, 3.05) is 32.9 Å². The molecule has 0 unspecified atom stereocenters. The predicted octanol–water partition coefficient (Wildman–Crippen LogP) is 3.81. The summed E-state index contributed by atoms with van der Waals surface area (Å²) >= 11 is 0. The van der Waals surface area contributed by atoms with Gasteiger partial charge in [0.15, 0.2) is 4.75 Å². The minimum Gasteiger partial charge on any atom is -0.459 e. The van der Waals surface area contributed by atoms with Gasteiger partial charge in [-0.3, -0.25) is 4.79 Å². The lowest BCUT2D eigenvalue weighted by Crippen LogP contribution is -2.59. The number of hydrogen-bond donors (Lipinski definition) is 0. The van der Waals surface area contributed by atoms with Gasteiger partial charge in [-0.05, 0) is 46.5 Å². The first-order valence-corrected chi connectivity index (χ1v) is 12.7. The summed E-state index contributed by atoms with van der Waals surface area (Å²) in [6, 6.07) is 0. The van der Waals surface area contributed by atoms with E-state index >= 15 is 0 Å². The Morgan fingerprint density at radius 3 is 2.19 bits per heavy atom. The molecule has 32 heavy (non-hydrogen) atoms. The van der Waals surface area contributed by atoms with Crippen LogP contribution in [0.25, 0.3) is 0 Å². The van der Waals surface area contributed by atoms with E-state index in [-0.39, 0.29) is 51.7 Å². The number of rotatable bonds is 9. The van der Waals surface area contributed by atoms with Crippen molar-refractivity contribution in [3.8, 4) is 0 Å². The maximum atomic E-state index is 13.5. The van der Waals surface area contributed by atoms with Gasteiger partial charge in [-0.15, -0.1) is 0 Å². The Labute approximate surface area is 189 Å². The topological polar surface area (TPSA) is 82.1 Å². The number of ether oxygens (including phenoxy) is 3. The third-order valence-corrected chi connectivity index (χ3v) is 8.37. The molecule has 2 saturated heterocycles. The zero-order valence-corrected chi connectivity index (χ0v) is 20.0. The molecule has 2 fully saturated rings. The molecule has 2 rings (SSSR count). The van der Waals surface area contributed by atoms with E-state index in [1.807, 2.05) is 0 Å². The number of carbonyl (C=O) groups excluding carboxylic acids is 1. The van der Waals surface area contributed by atoms with Crippen LogP contribution in [0.15, 0.2) is 0 Å². The third kappa shape index (κ3) is 7.56. The molecule has 11 heteroatoms. The van der Waals surface area contributed by atoms with Crippen LogP contribution >= 0.6 is 0 Å². The summed E-state index contributed by atoms with van der Waals surface area (Å²) in [5.41, 5.74) is -0.807. The normalized spacial score (nSPS) is 21.4. The molecule has 2 heterocycles. The quantitative estimate of drug-likeness (QED) is 0.363. The number of unbranched alkanes of at least 4 members (excludes halogenated alkanes) is 2. The highest BCUT2D eigenvalue weighted by atomic mass is 32.2. The number of halogens is 3. The minimum atomic E-state index is -4.12. The molecule has 0 aliphatic carbocycles. The van der Waals surface area contributed by atoms with Crippen LogP contribution < -0.4 is 0 Å². The summed E-state index contributed by atoms with van der Waals surface area (Å²) < 4.78 is 79.8. The molecule has 0 aromatic rings. The molecule has 2 aliphatic rings. The number of sulfonamides is 1. The van der Waals surface area contributed by atoms with Gasteiger partial charge in [0.2, 0.25) is 10.0 Å². The predicted molar refractivity (Wildman–Crippen MR) is 113 cm³/mol. The zero-order chi connectivity index (χ0) is 24.0. The number of piperidine rings is 1. The summed E-state index contributed by atoms with van der Waals surface area (Å²) in [5, 5.41) is 0. The molecular formula is C21H36F3NO6S. The molecule has 0 N–H and O–H groups in total. The minimum absolute atomic E-state index is 0.0542. The highest BCUT2D eigenvalue weighted by Gasteiger charge is 2.56. The standard InChI is InChI=1S/C21H36F3NO6S/c1-19(2,3)31-18(26)20(10-15-29-16-11-20)32(27,28)25-12-7-17(8-13-25)30-14-6-4-5-9-21(22,23)24/h17H,4-16H2,1-3H3. The highest BCUT2D eigenvalue weighted by molar-refractivity contribution is 7.91. The number of nitrogens with zero attached hydrogens (tertiary/aromatic N) is 1. The Bertz CT molecular complexity index is 706. The maximum absolute atomic E-state index is 13.5. The van der Waals surface area contributed by atoms with Gasteiger partial charge < -0.3 is 14.2 Å². The molecule has 0 saturated carbocycles. The molecule has 7 nitrogen and oxygen atoms in total. The Kier molecular flexibility index (Phi) is 9.41. The van der Waals surface area contributed by atoms with Crippen molar-refractivity contribution in [3.05, 3.63) is 0 Å². The van der Waals surface area contributed by atoms with Crippen molar-refractivity contribution in [1.29, 1.82) is 0 Å². The Morgan fingerprint density at radius 1 is 1.06 bits per heavy atom. The van der Waals surface area contributed by atoms with Gasteiger partial charge in [0.05, 0.1) is 6.10 Å². The lowest BCUT2D eigenvalue weighted by Gasteiger charge is -2.41. The molecule has 0 bridgehead atoms. The Balaban J connectivity index is 1.89. The molecule has 0 atom stereocenters. The molecule has 0 amide bonds. The fourth-order valence-electron chi connectivity index (χ4n) is 3.98. The summed E-state index contributed by atoms with van der Waals surface area (Å²) in [7, 11) is -3.97. The number of alkyl halides is 3. The first-order chi connectivity index (χ1) is 14.8. The van der Waals surface area contributed by atoms with Gasteiger partial charge in [-0.1, -0.05) is 6.42 Å². The van der Waals surface area contributed by atoms with Crippen molar-refractivity contribution < 1.29 is 40.6 Å². The van der Waals surface area contributed by atoms with Gasteiger partial charge >= 0.3 is 12.1 Å². The third-order valence-electron chi connectivity index (χ3n) is 5.76. The summed E-state index contributed by atoms with van der Waals surface area (Å²) in [6.07, 6.45) is -2.93. The van der Waals surface area contributed by atoms with E-state index in [1.165, 1.54) is 4.31 Å². The van der Waals surface area contributed by atoms with E-state index in [0.717, 1.165) is 0 Å². The average Bonchev–Trinajstić information content (AvgIpc) is 2.69. The second-order valence-electron chi connectivity index (χ2n) is 9.51. The molecule has 2 aliphatic heterocycles. The van der Waals surface area contributed by atoms with E-state index in [1.54, 1.807) is 20.8 Å². The van der Waals surface area contributed by atoms with E-state index in [9.17, 15) is 26.4 Å². The van der Waals surface area contributed by atoms with Gasteiger partial charge in [-0.2, -0.15) is 13.2 Å². The molecule has 0 radical (unpaired) electrons. The van der Waals surface area contributed by atoms with Crippen molar-refractivity contribution in [2.45, 2.75) is 94.8 Å². The maximum Gasteiger partial charge on any atom is 0.389 e. The van der Waals surface area contributed by atoms with Gasteiger partial charge in [0.25, 0.3) is 0 Å². The van der Waals surface area contributed by atoms with E-state index in [0.29, 0.717) is 32.3 Å². The fraction of sp³-hybridized carbons (Fsp3) is 0.952. The van der Waals surface area contributed by atoms with E-state index in [4.69, 9.17) is 14.2 Å². The van der Waals surface area contributed by atoms with Crippen LogP contribution in [0.4, 0.5) is 13.2 Å². The van der Waals surface area contributed by atoms with Crippen molar-refractivity contribution in [3.63, 3.8) is 0 Å². The lowest BCUT2D eigenvalue weighted by atomic mass is 9.99. The van der Waals surface area contributed by atoms with Crippen LogP contribution in [0.5, 0.6) is 0 Å². The van der Waals surface area contributed by atoms with Crippen molar-refractivity contribution in [2.24, 2.45) is 0 Å². The first kappa shape index (κ1) is 27.3. The highest BCUT2D eigenvalue weighted by Crippen LogP contribution is 2.36. The Hall–Kier alpha value is -0.910. The second kappa shape index (κ2) is 11.0. The number of carbonyl (C=O) groups is 1. The van der Waals surface area contributed by atoms with Crippen LogP contribution in [0.3, 0.4) is 0 Å².